The van der Waals surface area contributed by atoms with E-state index in [1.165, 1.54) is 0 Å². The lowest BCUT2D eigenvalue weighted by atomic mass is 10.2. The molecule has 1 saturated heterocycles. The van der Waals surface area contributed by atoms with Gasteiger partial charge in [0.05, 0.1) is 5.69 Å². The highest BCUT2D eigenvalue weighted by atomic mass is 16.5. The Balaban J connectivity index is 1.57. The number of carbonyl (C=O) groups is 1. The van der Waals surface area contributed by atoms with E-state index in [0.717, 1.165) is 48.0 Å². The summed E-state index contributed by atoms with van der Waals surface area (Å²) in [5.41, 5.74) is -0.686. The van der Waals surface area contributed by atoms with Crippen molar-refractivity contribution in [3.8, 4) is 17.2 Å². The highest BCUT2D eigenvalue weighted by Crippen LogP contribution is 2.14. The Morgan fingerprint density at radius 3 is 2.47 bits per heavy atom. The number of rotatable bonds is 6. The van der Waals surface area contributed by atoms with Crippen LogP contribution in [0.4, 0.5) is 0 Å². The number of amides is 1. The van der Waals surface area contributed by atoms with E-state index >= 15 is 0 Å². The van der Waals surface area contributed by atoms with Crippen LogP contribution in [0, 0.1) is 0 Å². The van der Waals surface area contributed by atoms with Crippen LogP contribution in [0.3, 0.4) is 0 Å². The molecule has 1 aliphatic rings. The first-order valence-corrected chi connectivity index (χ1v) is 11.0. The Morgan fingerprint density at radius 1 is 1.06 bits per heavy atom. The molecule has 10 nitrogen and oxygen atoms in total. The van der Waals surface area contributed by atoms with Crippen LogP contribution in [-0.2, 0) is 17.8 Å². The van der Waals surface area contributed by atoms with Crippen molar-refractivity contribution in [1.29, 1.82) is 0 Å². The largest absolute Gasteiger partial charge is 0.352 e. The number of nitrogens with zero attached hydrogens (tertiary/aromatic N) is 6. The van der Waals surface area contributed by atoms with Crippen LogP contribution in [0.25, 0.3) is 17.2 Å². The van der Waals surface area contributed by atoms with Crippen molar-refractivity contribution < 1.29 is 9.32 Å². The number of likely N-dealkylation sites (tertiary alicyclic amines) is 1. The zero-order valence-corrected chi connectivity index (χ0v) is 18.1. The molecular formula is C22H26N6O4. The van der Waals surface area contributed by atoms with Gasteiger partial charge in [0.1, 0.15) is 0 Å². The summed E-state index contributed by atoms with van der Waals surface area (Å²) in [5, 5.41) is 8.11. The maximum atomic E-state index is 12.8. The summed E-state index contributed by atoms with van der Waals surface area (Å²) in [4.78, 5) is 44.2. The van der Waals surface area contributed by atoms with Crippen molar-refractivity contribution in [2.24, 2.45) is 0 Å². The van der Waals surface area contributed by atoms with Gasteiger partial charge in [-0.3, -0.25) is 14.2 Å². The monoisotopic (exact) mass is 438 g/mol. The van der Waals surface area contributed by atoms with Gasteiger partial charge in [0.25, 0.3) is 5.56 Å². The maximum absolute atomic E-state index is 12.8. The van der Waals surface area contributed by atoms with Crippen LogP contribution < -0.4 is 11.2 Å². The number of benzene rings is 1. The Labute approximate surface area is 184 Å². The minimum absolute atomic E-state index is 0.000831. The fraction of sp³-hybridized carbons (Fsp3) is 0.455. The second-order valence-electron chi connectivity index (χ2n) is 7.73. The van der Waals surface area contributed by atoms with Crippen molar-refractivity contribution in [2.75, 3.05) is 13.1 Å². The third-order valence-corrected chi connectivity index (χ3v) is 5.57. The highest BCUT2D eigenvalue weighted by molar-refractivity contribution is 5.76. The lowest BCUT2D eigenvalue weighted by Crippen LogP contribution is -2.41. The first-order valence-electron chi connectivity index (χ1n) is 11.0. The molecule has 1 amide bonds. The molecule has 0 radical (unpaired) electrons. The Bertz CT molecular complexity index is 1190. The lowest BCUT2D eigenvalue weighted by Gasteiger charge is -2.19. The molecule has 0 spiro atoms. The number of carbonyl (C=O) groups excluding carboxylic acids is 1. The molecule has 0 saturated carbocycles. The van der Waals surface area contributed by atoms with Crippen LogP contribution >= 0.6 is 0 Å². The van der Waals surface area contributed by atoms with Gasteiger partial charge in [0, 0.05) is 32.5 Å². The predicted octanol–water partition coefficient (Wildman–Crippen LogP) is 1.80. The Hall–Kier alpha value is -3.56. The molecule has 2 aromatic heterocycles. The van der Waals surface area contributed by atoms with Crippen LogP contribution in [0.2, 0.25) is 0 Å². The van der Waals surface area contributed by atoms with E-state index in [0.29, 0.717) is 5.69 Å². The number of para-hydroxylation sites is 1. The van der Waals surface area contributed by atoms with Crippen LogP contribution in [0.1, 0.15) is 44.9 Å². The maximum Gasteiger partial charge on any atom is 0.352 e. The van der Waals surface area contributed by atoms with Gasteiger partial charge in [-0.2, -0.15) is 14.8 Å². The van der Waals surface area contributed by atoms with E-state index in [1.54, 1.807) is 31.2 Å². The highest BCUT2D eigenvalue weighted by Gasteiger charge is 2.21. The summed E-state index contributed by atoms with van der Waals surface area (Å²) in [6.07, 6.45) is 4.92. The fourth-order valence-electron chi connectivity index (χ4n) is 3.82. The van der Waals surface area contributed by atoms with Gasteiger partial charge in [-0.1, -0.05) is 36.2 Å². The summed E-state index contributed by atoms with van der Waals surface area (Å²) in [5.74, 6) is 0.319. The number of hydrogen-bond acceptors (Lipinski definition) is 7. The average molecular weight is 438 g/mol. The molecular weight excluding hydrogens is 412 g/mol. The van der Waals surface area contributed by atoms with Gasteiger partial charge >= 0.3 is 5.69 Å². The van der Waals surface area contributed by atoms with E-state index < -0.39 is 11.2 Å². The third kappa shape index (κ3) is 4.53. The molecule has 3 aromatic rings. The molecule has 1 fully saturated rings. The normalized spacial score (nSPS) is 14.3. The van der Waals surface area contributed by atoms with Crippen LogP contribution in [0.15, 0.2) is 44.4 Å². The number of aryl methyl sites for hydroxylation is 1. The summed E-state index contributed by atoms with van der Waals surface area (Å²) >= 11 is 0. The van der Waals surface area contributed by atoms with Crippen molar-refractivity contribution in [2.45, 2.75) is 52.0 Å². The van der Waals surface area contributed by atoms with Gasteiger partial charge in [0.2, 0.25) is 17.6 Å². The van der Waals surface area contributed by atoms with Crippen molar-refractivity contribution in [3.05, 3.63) is 57.1 Å². The molecule has 1 aliphatic heterocycles. The van der Waals surface area contributed by atoms with Gasteiger partial charge in [-0.25, -0.2) is 4.79 Å². The second-order valence-corrected chi connectivity index (χ2v) is 7.73. The zero-order valence-electron chi connectivity index (χ0n) is 18.1. The molecule has 3 heterocycles. The number of aromatic nitrogens is 5. The van der Waals surface area contributed by atoms with E-state index in [4.69, 9.17) is 4.52 Å². The van der Waals surface area contributed by atoms with Crippen LogP contribution in [0.5, 0.6) is 0 Å². The lowest BCUT2D eigenvalue weighted by molar-refractivity contribution is -0.131. The quantitative estimate of drug-likeness (QED) is 0.576. The van der Waals surface area contributed by atoms with E-state index in [2.05, 4.69) is 15.2 Å². The number of hydrogen-bond donors (Lipinski definition) is 0. The SMILES string of the molecule is CCn1c(=O)c(-c2noc(CCC(=O)N3CCCCCC3)n2)nn(-c2ccccc2)c1=O. The molecule has 0 unspecified atom stereocenters. The summed E-state index contributed by atoms with van der Waals surface area (Å²) in [7, 11) is 0. The molecule has 168 valence electrons. The molecule has 0 atom stereocenters. The van der Waals surface area contributed by atoms with E-state index in [9.17, 15) is 14.4 Å². The summed E-state index contributed by atoms with van der Waals surface area (Å²) < 4.78 is 7.51. The standard InChI is InChI=1S/C22H26N6O4/c1-2-27-21(30)19(24-28(22(27)31)16-10-6-5-7-11-16)20-23-17(32-25-20)12-13-18(29)26-14-8-3-4-9-15-26/h5-7,10-11H,2-4,8-9,12-15H2,1H3. The molecule has 4 rings (SSSR count). The van der Waals surface area contributed by atoms with Crippen molar-refractivity contribution in [3.63, 3.8) is 0 Å². The van der Waals surface area contributed by atoms with Crippen molar-refractivity contribution in [1.82, 2.24) is 29.4 Å². The van der Waals surface area contributed by atoms with E-state index in [-0.39, 0.29) is 42.7 Å². The van der Waals surface area contributed by atoms with Gasteiger partial charge in [0.15, 0.2) is 5.69 Å². The average Bonchev–Trinajstić information content (AvgIpc) is 3.10. The minimum atomic E-state index is -0.585. The van der Waals surface area contributed by atoms with E-state index in [1.807, 2.05) is 11.0 Å². The van der Waals surface area contributed by atoms with Gasteiger partial charge in [-0.05, 0) is 31.9 Å². The Morgan fingerprint density at radius 2 is 1.78 bits per heavy atom. The smallest absolute Gasteiger partial charge is 0.343 e. The minimum Gasteiger partial charge on any atom is -0.343 e. The van der Waals surface area contributed by atoms with Gasteiger partial charge in [-0.15, -0.1) is 0 Å². The predicted molar refractivity (Wildman–Crippen MR) is 116 cm³/mol. The fourth-order valence-corrected chi connectivity index (χ4v) is 3.82. The molecule has 10 heteroatoms. The Kier molecular flexibility index (Phi) is 6.58. The molecule has 1 aromatic carbocycles. The zero-order chi connectivity index (χ0) is 22.5. The second kappa shape index (κ2) is 9.71. The summed E-state index contributed by atoms with van der Waals surface area (Å²) in [6, 6.07) is 8.82. The molecule has 32 heavy (non-hydrogen) atoms. The third-order valence-electron chi connectivity index (χ3n) is 5.57. The molecule has 0 N–H and O–H groups in total. The molecule has 0 aliphatic carbocycles. The topological polar surface area (TPSA) is 116 Å². The molecule has 0 bridgehead atoms. The summed E-state index contributed by atoms with van der Waals surface area (Å²) in [6.45, 7) is 3.46. The van der Waals surface area contributed by atoms with Crippen LogP contribution in [-0.4, -0.2) is 48.4 Å². The first kappa shape index (κ1) is 21.7. The van der Waals surface area contributed by atoms with Crippen molar-refractivity contribution >= 4 is 5.91 Å². The van der Waals surface area contributed by atoms with Gasteiger partial charge < -0.3 is 9.42 Å². The first-order chi connectivity index (χ1) is 15.6.